The fraction of sp³-hybridized carbons (Fsp3) is 0. The van der Waals surface area contributed by atoms with Crippen molar-refractivity contribution in [3.8, 4) is 56.0 Å². The molecule has 7 aromatic carbocycles. The van der Waals surface area contributed by atoms with Crippen LogP contribution in [0.4, 0.5) is 22.7 Å². The number of aromatic nitrogens is 3. The zero-order valence-corrected chi connectivity index (χ0v) is 35.7. The number of rotatable bonds is 11. The van der Waals surface area contributed by atoms with Crippen LogP contribution < -0.4 is 9.80 Å². The molecule has 0 aliphatic carbocycles. The van der Waals surface area contributed by atoms with Gasteiger partial charge >= 0.3 is 0 Å². The quantitative estimate of drug-likeness (QED) is 0.129. The first-order chi connectivity index (χ1) is 32.6. The van der Waals surface area contributed by atoms with Gasteiger partial charge in [0, 0.05) is 69.2 Å². The van der Waals surface area contributed by atoms with Gasteiger partial charge < -0.3 is 0 Å². The fourth-order valence-corrected chi connectivity index (χ4v) is 8.18. The molecule has 2 amide bonds. The number of hydrogen-bond donors (Lipinski definition) is 0. The summed E-state index contributed by atoms with van der Waals surface area (Å²) in [6.07, 6.45) is 5.32. The van der Waals surface area contributed by atoms with Gasteiger partial charge in [0.15, 0.2) is 0 Å². The van der Waals surface area contributed by atoms with E-state index in [9.17, 15) is 0 Å². The molecule has 0 bridgehead atoms. The van der Waals surface area contributed by atoms with E-state index in [1.165, 1.54) is 0 Å². The average molecular weight is 852 g/mol. The van der Waals surface area contributed by atoms with Gasteiger partial charge in [0.1, 0.15) is 0 Å². The normalized spacial score (nSPS) is 10.8. The molecule has 10 aromatic rings. The van der Waals surface area contributed by atoms with E-state index in [1.54, 1.807) is 34.5 Å². The third-order valence-electron chi connectivity index (χ3n) is 11.4. The van der Waals surface area contributed by atoms with Gasteiger partial charge in [-0.2, -0.15) is 0 Å². The molecule has 7 heteroatoms. The van der Waals surface area contributed by atoms with Crippen LogP contribution in [0.3, 0.4) is 0 Å². The summed E-state index contributed by atoms with van der Waals surface area (Å²) >= 11 is 0. The summed E-state index contributed by atoms with van der Waals surface area (Å²) < 4.78 is 0. The zero-order chi connectivity index (χ0) is 44.7. The Morgan fingerprint density at radius 2 is 0.606 bits per heavy atom. The summed E-state index contributed by atoms with van der Waals surface area (Å²) in [5.41, 5.74) is 12.3. The first-order valence-corrected chi connectivity index (χ1v) is 21.7. The van der Waals surface area contributed by atoms with Gasteiger partial charge in [-0.15, -0.1) is 0 Å². The van der Waals surface area contributed by atoms with Crippen molar-refractivity contribution in [2.45, 2.75) is 0 Å². The van der Waals surface area contributed by atoms with Crippen molar-refractivity contribution in [1.82, 2.24) is 15.0 Å². The van der Waals surface area contributed by atoms with Gasteiger partial charge in [-0.25, -0.2) is 0 Å². The molecule has 0 atom stereocenters. The second-order valence-corrected chi connectivity index (χ2v) is 15.6. The third kappa shape index (κ3) is 8.65. The topological polar surface area (TPSA) is 79.3 Å². The molecule has 0 saturated heterocycles. The first-order valence-electron chi connectivity index (χ1n) is 21.7. The minimum absolute atomic E-state index is 0.300. The summed E-state index contributed by atoms with van der Waals surface area (Å²) in [5.74, 6) is -0.600. The molecule has 0 spiro atoms. The Morgan fingerprint density at radius 3 is 0.985 bits per heavy atom. The van der Waals surface area contributed by atoms with Crippen molar-refractivity contribution < 1.29 is 9.59 Å². The van der Waals surface area contributed by atoms with Crippen LogP contribution >= 0.6 is 0 Å². The standard InChI is InChI=1S/C59H41N5O2/c65-58(63(49-15-3-1-4-16-49)51-32-28-44(29-33-51)56-22-10-13-37-61-56)47-39-46(54-20-8-7-19-53(54)42-24-26-43(27-25-42)55-21-9-12-36-60-55)40-48(41-47)59(66)64(50-17-5-2-6-18-50)52-34-30-45(31-35-52)57-23-11-14-38-62-57/h1-41H. The van der Waals surface area contributed by atoms with Crippen LogP contribution in [0, 0.1) is 0 Å². The van der Waals surface area contributed by atoms with E-state index in [0.29, 0.717) is 39.4 Å². The van der Waals surface area contributed by atoms with E-state index in [4.69, 9.17) is 0 Å². The summed E-state index contributed by atoms with van der Waals surface area (Å²) in [5, 5.41) is 0. The van der Waals surface area contributed by atoms with Gasteiger partial charge in [-0.05, 0) is 125 Å². The lowest BCUT2D eigenvalue weighted by molar-refractivity contribution is 0.0998. The number of benzene rings is 7. The van der Waals surface area contributed by atoms with Crippen LogP contribution in [0.1, 0.15) is 20.7 Å². The first kappa shape index (κ1) is 41.0. The number of para-hydroxylation sites is 2. The van der Waals surface area contributed by atoms with Gasteiger partial charge in [0.2, 0.25) is 0 Å². The van der Waals surface area contributed by atoms with Crippen LogP contribution in [-0.4, -0.2) is 26.8 Å². The number of nitrogens with zero attached hydrogens (tertiary/aromatic N) is 5. The van der Waals surface area contributed by atoms with Crippen LogP contribution in [-0.2, 0) is 0 Å². The van der Waals surface area contributed by atoms with Crippen LogP contribution in [0.5, 0.6) is 0 Å². The molecule has 3 heterocycles. The molecule has 0 unspecified atom stereocenters. The maximum Gasteiger partial charge on any atom is 0.262 e. The molecule has 0 N–H and O–H groups in total. The monoisotopic (exact) mass is 851 g/mol. The Kier molecular flexibility index (Phi) is 11.6. The minimum Gasteiger partial charge on any atom is -0.277 e. The lowest BCUT2D eigenvalue weighted by Gasteiger charge is -2.26. The van der Waals surface area contributed by atoms with E-state index >= 15 is 9.59 Å². The third-order valence-corrected chi connectivity index (χ3v) is 11.4. The molecule has 66 heavy (non-hydrogen) atoms. The predicted octanol–water partition coefficient (Wildman–Crippen LogP) is 14.2. The Bertz CT molecular complexity index is 3080. The molecule has 7 nitrogen and oxygen atoms in total. The van der Waals surface area contributed by atoms with Gasteiger partial charge in [-0.3, -0.25) is 34.3 Å². The molecule has 0 aliphatic heterocycles. The van der Waals surface area contributed by atoms with Crippen molar-refractivity contribution in [2.75, 3.05) is 9.80 Å². The molecular weight excluding hydrogens is 811 g/mol. The van der Waals surface area contributed by atoms with E-state index in [0.717, 1.165) is 50.5 Å². The smallest absolute Gasteiger partial charge is 0.262 e. The second-order valence-electron chi connectivity index (χ2n) is 15.6. The Labute approximate surface area is 383 Å². The van der Waals surface area contributed by atoms with E-state index in [1.807, 2.05) is 194 Å². The second kappa shape index (κ2) is 18.7. The van der Waals surface area contributed by atoms with E-state index in [2.05, 4.69) is 45.3 Å². The SMILES string of the molecule is O=C(c1cc(C(=O)N(c2ccccc2)c2ccc(-c3ccccn3)cc2)cc(-c2ccccc2-c2ccc(-c3ccccn3)cc2)c1)N(c1ccccc1)c1ccc(-c2ccccn2)cc1. The number of carbonyl (C=O) groups is 2. The van der Waals surface area contributed by atoms with Crippen LogP contribution in [0.25, 0.3) is 56.0 Å². The van der Waals surface area contributed by atoms with Gasteiger partial charge in [0.05, 0.1) is 17.1 Å². The highest BCUT2D eigenvalue weighted by atomic mass is 16.2. The van der Waals surface area contributed by atoms with Gasteiger partial charge in [-0.1, -0.05) is 127 Å². The Balaban J connectivity index is 1.12. The molecule has 3 aromatic heterocycles. The number of anilines is 4. The maximum atomic E-state index is 15.4. The van der Waals surface area contributed by atoms with Crippen molar-refractivity contribution in [2.24, 2.45) is 0 Å². The number of pyridine rings is 3. The summed E-state index contributed by atoms with van der Waals surface area (Å²) in [6.45, 7) is 0. The van der Waals surface area contributed by atoms with E-state index < -0.39 is 0 Å². The summed E-state index contributed by atoms with van der Waals surface area (Å²) in [6, 6.07) is 74.1. The zero-order valence-electron chi connectivity index (χ0n) is 35.7. The number of amides is 2. The largest absolute Gasteiger partial charge is 0.277 e. The van der Waals surface area contributed by atoms with Crippen molar-refractivity contribution in [3.63, 3.8) is 0 Å². The Morgan fingerprint density at radius 1 is 0.288 bits per heavy atom. The van der Waals surface area contributed by atoms with Crippen molar-refractivity contribution >= 4 is 34.6 Å². The van der Waals surface area contributed by atoms with Crippen LogP contribution in [0.2, 0.25) is 0 Å². The molecule has 314 valence electrons. The lowest BCUT2D eigenvalue weighted by Crippen LogP contribution is -2.28. The Hall–Kier alpha value is -9.07. The number of hydrogen-bond acceptors (Lipinski definition) is 5. The van der Waals surface area contributed by atoms with Crippen LogP contribution in [0.15, 0.2) is 249 Å². The molecular formula is C59H41N5O2. The number of carbonyl (C=O) groups excluding carboxylic acids is 2. The lowest BCUT2D eigenvalue weighted by atomic mass is 9.91. The highest BCUT2D eigenvalue weighted by Gasteiger charge is 2.26. The highest BCUT2D eigenvalue weighted by molar-refractivity contribution is 6.16. The highest BCUT2D eigenvalue weighted by Crippen LogP contribution is 2.38. The molecule has 0 radical (unpaired) electrons. The molecule has 0 saturated carbocycles. The summed E-state index contributed by atoms with van der Waals surface area (Å²) in [7, 11) is 0. The fourth-order valence-electron chi connectivity index (χ4n) is 8.18. The van der Waals surface area contributed by atoms with Crippen molar-refractivity contribution in [3.05, 3.63) is 260 Å². The summed E-state index contributed by atoms with van der Waals surface area (Å²) in [4.78, 5) is 47.9. The minimum atomic E-state index is -0.300. The predicted molar refractivity (Wildman–Crippen MR) is 266 cm³/mol. The molecule has 0 fully saturated rings. The maximum absolute atomic E-state index is 15.4. The van der Waals surface area contributed by atoms with Gasteiger partial charge in [0.25, 0.3) is 11.8 Å². The van der Waals surface area contributed by atoms with E-state index in [-0.39, 0.29) is 11.8 Å². The molecule has 0 aliphatic rings. The van der Waals surface area contributed by atoms with Crippen molar-refractivity contribution in [1.29, 1.82) is 0 Å². The molecule has 10 rings (SSSR count). The average Bonchev–Trinajstić information content (AvgIpc) is 3.40.